The third-order valence-electron chi connectivity index (χ3n) is 1.56. The van der Waals surface area contributed by atoms with E-state index in [1.165, 1.54) is 10.1 Å². The van der Waals surface area contributed by atoms with Crippen molar-refractivity contribution in [1.29, 1.82) is 0 Å². The fourth-order valence-electron chi connectivity index (χ4n) is 0.972. The van der Waals surface area contributed by atoms with Crippen molar-refractivity contribution in [3.63, 3.8) is 0 Å². The molecule has 0 nitrogen and oxygen atoms in total. The van der Waals surface area contributed by atoms with E-state index in [-0.39, 0.29) is 0 Å². The van der Waals surface area contributed by atoms with Crippen LogP contribution in [0.2, 0.25) is 0 Å². The van der Waals surface area contributed by atoms with Gasteiger partial charge in [-0.2, -0.15) is 0 Å². The highest BCUT2D eigenvalue weighted by molar-refractivity contribution is 9.12. The highest BCUT2D eigenvalue weighted by Gasteiger charge is 2.07. The molecule has 0 aliphatic heterocycles. The Labute approximate surface area is 84.3 Å². The summed E-state index contributed by atoms with van der Waals surface area (Å²) < 4.78 is 1.18. The van der Waals surface area contributed by atoms with Crippen molar-refractivity contribution < 1.29 is 0 Å². The second kappa shape index (κ2) is 4.27. The van der Waals surface area contributed by atoms with Gasteiger partial charge in [0.05, 0.1) is 0 Å². The van der Waals surface area contributed by atoms with Crippen LogP contribution in [0.5, 0.6) is 0 Å². The molecular weight excluding hydrogens is 268 g/mol. The average Bonchev–Trinajstić information content (AvgIpc) is 2.13. The lowest BCUT2D eigenvalue weighted by atomic mass is 10.2. The van der Waals surface area contributed by atoms with Crippen LogP contribution in [0.3, 0.4) is 0 Å². The van der Waals surface area contributed by atoms with Crippen molar-refractivity contribution in [3.05, 3.63) is 34.4 Å². The first-order valence-electron chi connectivity index (χ1n) is 3.58. The van der Waals surface area contributed by atoms with Crippen LogP contribution in [0.1, 0.15) is 13.3 Å². The van der Waals surface area contributed by atoms with Crippen LogP contribution in [0.25, 0.3) is 0 Å². The second-order valence-corrected chi connectivity index (χ2v) is 4.68. The van der Waals surface area contributed by atoms with Gasteiger partial charge in [0.2, 0.25) is 0 Å². The van der Waals surface area contributed by atoms with Crippen LogP contribution in [-0.2, 0) is 0 Å². The highest BCUT2D eigenvalue weighted by Crippen LogP contribution is 2.26. The summed E-state index contributed by atoms with van der Waals surface area (Å²) in [4.78, 5) is 0.424. The van der Waals surface area contributed by atoms with Crippen LogP contribution < -0.4 is 0 Å². The first-order valence-corrected chi connectivity index (χ1v) is 5.29. The molecule has 1 aliphatic carbocycles. The third-order valence-corrected chi connectivity index (χ3v) is 2.77. The molecule has 0 saturated heterocycles. The maximum atomic E-state index is 3.54. The largest absolute Gasteiger partial charge is 0.0842 e. The van der Waals surface area contributed by atoms with E-state index in [1.807, 2.05) is 0 Å². The average molecular weight is 278 g/mol. The fourth-order valence-corrected chi connectivity index (χ4v) is 2.37. The van der Waals surface area contributed by atoms with Crippen LogP contribution in [-0.4, -0.2) is 4.83 Å². The van der Waals surface area contributed by atoms with Crippen molar-refractivity contribution in [2.75, 3.05) is 0 Å². The number of hydrogen-bond acceptors (Lipinski definition) is 0. The number of hydrogen-bond donors (Lipinski definition) is 0. The lowest BCUT2D eigenvalue weighted by Gasteiger charge is -2.06. The van der Waals surface area contributed by atoms with Gasteiger partial charge in [-0.05, 0) is 25.0 Å². The van der Waals surface area contributed by atoms with Gasteiger partial charge in [-0.15, -0.1) is 0 Å². The van der Waals surface area contributed by atoms with E-state index >= 15 is 0 Å². The predicted octanol–water partition coefficient (Wildman–Crippen LogP) is 3.93. The van der Waals surface area contributed by atoms with Gasteiger partial charge >= 0.3 is 0 Å². The molecule has 0 bridgehead atoms. The summed E-state index contributed by atoms with van der Waals surface area (Å²) in [7, 11) is 0. The Bertz CT molecular complexity index is 222. The molecule has 2 heteroatoms. The van der Waals surface area contributed by atoms with E-state index < -0.39 is 0 Å². The second-order valence-electron chi connectivity index (χ2n) is 2.45. The number of allylic oxidation sites excluding steroid dienone is 6. The molecule has 0 fully saturated rings. The third kappa shape index (κ3) is 2.60. The smallest absolute Gasteiger partial charge is 0.0375 e. The molecule has 1 rings (SSSR count). The molecule has 1 aliphatic rings. The molecule has 0 aromatic heterocycles. The molecule has 0 amide bonds. The molecule has 60 valence electrons. The lowest BCUT2D eigenvalue weighted by molar-refractivity contribution is 1.17. The van der Waals surface area contributed by atoms with E-state index in [4.69, 9.17) is 0 Å². The van der Waals surface area contributed by atoms with Gasteiger partial charge in [-0.1, -0.05) is 50.1 Å². The molecule has 0 heterocycles. The molecule has 0 spiro atoms. The minimum Gasteiger partial charge on any atom is -0.0842 e. The zero-order valence-corrected chi connectivity index (χ0v) is 9.52. The Morgan fingerprint density at radius 1 is 1.55 bits per heavy atom. The highest BCUT2D eigenvalue weighted by atomic mass is 79.9. The Morgan fingerprint density at radius 2 is 2.27 bits per heavy atom. The summed E-state index contributed by atoms with van der Waals surface area (Å²) in [5.74, 6) is 0. The summed E-state index contributed by atoms with van der Waals surface area (Å²) in [5.41, 5.74) is 1.33. The first-order chi connectivity index (χ1) is 5.22. The van der Waals surface area contributed by atoms with E-state index in [1.54, 1.807) is 0 Å². The number of halogens is 2. The molecule has 0 N–H and O–H groups in total. The summed E-state index contributed by atoms with van der Waals surface area (Å²) in [6, 6.07) is 0. The van der Waals surface area contributed by atoms with E-state index in [0.717, 1.165) is 6.42 Å². The van der Waals surface area contributed by atoms with Gasteiger partial charge in [-0.25, -0.2) is 0 Å². The molecule has 1 unspecified atom stereocenters. The minimum atomic E-state index is 0.424. The van der Waals surface area contributed by atoms with Crippen molar-refractivity contribution >= 4 is 31.9 Å². The maximum Gasteiger partial charge on any atom is 0.0375 e. The molecule has 1 atom stereocenters. The van der Waals surface area contributed by atoms with Crippen LogP contribution in [0, 0.1) is 0 Å². The van der Waals surface area contributed by atoms with Gasteiger partial charge in [-0.3, -0.25) is 0 Å². The van der Waals surface area contributed by atoms with Gasteiger partial charge in [0.1, 0.15) is 0 Å². The molecule has 11 heavy (non-hydrogen) atoms. The Balaban J connectivity index is 2.86. The zero-order valence-electron chi connectivity index (χ0n) is 6.35. The number of alkyl halides is 1. The Kier molecular flexibility index (Phi) is 3.60. The summed E-state index contributed by atoms with van der Waals surface area (Å²) in [5, 5.41) is 0. The minimum absolute atomic E-state index is 0.424. The predicted molar refractivity (Wildman–Crippen MR) is 57.2 cm³/mol. The quantitative estimate of drug-likeness (QED) is 0.637. The van der Waals surface area contributed by atoms with Gasteiger partial charge in [0.15, 0.2) is 0 Å². The summed E-state index contributed by atoms with van der Waals surface area (Å²) in [6.45, 7) is 2.13. The Hall–Kier alpha value is 0.180. The number of rotatable bonds is 1. The molecule has 0 saturated carbocycles. The normalized spacial score (nSPS) is 20.3. The lowest BCUT2D eigenvalue weighted by Crippen LogP contribution is -1.95. The molecule has 0 aromatic carbocycles. The van der Waals surface area contributed by atoms with E-state index in [0.29, 0.717) is 4.83 Å². The van der Waals surface area contributed by atoms with Crippen LogP contribution in [0.4, 0.5) is 0 Å². The maximum absolute atomic E-state index is 3.54. The monoisotopic (exact) mass is 276 g/mol. The topological polar surface area (TPSA) is 0 Å². The van der Waals surface area contributed by atoms with Gasteiger partial charge in [0.25, 0.3) is 0 Å². The molecule has 0 aromatic rings. The van der Waals surface area contributed by atoms with Crippen molar-refractivity contribution in [2.24, 2.45) is 0 Å². The van der Waals surface area contributed by atoms with Crippen molar-refractivity contribution in [2.45, 2.75) is 18.2 Å². The van der Waals surface area contributed by atoms with E-state index in [9.17, 15) is 0 Å². The van der Waals surface area contributed by atoms with Crippen molar-refractivity contribution in [1.82, 2.24) is 0 Å². The van der Waals surface area contributed by atoms with E-state index in [2.05, 4.69) is 63.1 Å². The fraction of sp³-hybridized carbons (Fsp3) is 0.333. The first kappa shape index (κ1) is 9.27. The van der Waals surface area contributed by atoms with Crippen molar-refractivity contribution in [3.8, 4) is 0 Å². The van der Waals surface area contributed by atoms with Crippen LogP contribution >= 0.6 is 31.9 Å². The zero-order chi connectivity index (χ0) is 8.27. The van der Waals surface area contributed by atoms with Gasteiger partial charge < -0.3 is 0 Å². The standard InChI is InChI=1S/C9H10Br2/c1-7(10)8-5-3-2-4-6-9(8)11/h2,4-7H,3H2,1H3. The van der Waals surface area contributed by atoms with Gasteiger partial charge in [0, 0.05) is 9.31 Å². The Morgan fingerprint density at radius 3 is 2.91 bits per heavy atom. The van der Waals surface area contributed by atoms with Crippen LogP contribution in [0.15, 0.2) is 34.4 Å². The molecular formula is C9H10Br2. The summed E-state index contributed by atoms with van der Waals surface area (Å²) in [6.07, 6.45) is 9.55. The SMILES string of the molecule is CC(Br)C1=CCC=CC=C1Br. The summed E-state index contributed by atoms with van der Waals surface area (Å²) >= 11 is 7.06. The molecule has 0 radical (unpaired) electrons.